The van der Waals surface area contributed by atoms with E-state index in [-0.39, 0.29) is 71.9 Å². The van der Waals surface area contributed by atoms with Gasteiger partial charge in [0.25, 0.3) is 11.8 Å². The van der Waals surface area contributed by atoms with Crippen molar-refractivity contribution >= 4 is 104 Å². The minimum Gasteiger partial charge on any atom is -0.478 e. The van der Waals surface area contributed by atoms with Crippen LogP contribution in [0.25, 0.3) is 28.7 Å². The van der Waals surface area contributed by atoms with Crippen LogP contribution in [0.5, 0.6) is 0 Å². The molecule has 2 aromatic heterocycles. The number of hydrazine groups is 2. The predicted molar refractivity (Wildman–Crippen MR) is 245 cm³/mol. The molecule has 2 fully saturated rings. The van der Waals surface area contributed by atoms with Gasteiger partial charge in [-0.05, 0) is 85.0 Å². The van der Waals surface area contributed by atoms with E-state index >= 15 is 0 Å². The average molecular weight is 999 g/mol. The predicted octanol–water partition coefficient (Wildman–Crippen LogP) is 11.2. The molecular weight excluding hydrogens is 971 g/mol. The molecule has 8 rings (SSSR count). The highest BCUT2D eigenvalue weighted by molar-refractivity contribution is 8.26. The van der Waals surface area contributed by atoms with Crippen molar-refractivity contribution in [1.82, 2.24) is 10.0 Å². The van der Waals surface area contributed by atoms with Crippen LogP contribution in [0.3, 0.4) is 0 Å². The molecule has 2 amide bonds. The van der Waals surface area contributed by atoms with Crippen molar-refractivity contribution in [2.24, 2.45) is 0 Å². The third-order valence-corrected chi connectivity index (χ3v) is 11.6. The summed E-state index contributed by atoms with van der Waals surface area (Å²) in [5.41, 5.74) is 5.02. The van der Waals surface area contributed by atoms with E-state index in [1.54, 1.807) is 30.3 Å². The number of thioether (sulfide) groups is 2. The van der Waals surface area contributed by atoms with E-state index in [1.165, 1.54) is 89.6 Å². The van der Waals surface area contributed by atoms with Crippen LogP contribution in [-0.4, -0.2) is 64.7 Å². The largest absolute Gasteiger partial charge is 0.478 e. The Morgan fingerprint density at radius 3 is 1.57 bits per heavy atom. The number of aromatic carboxylic acids is 2. The summed E-state index contributed by atoms with van der Waals surface area (Å²) in [5.74, 6) is -1.89. The molecule has 0 aliphatic carbocycles. The number of carboxylic acids is 2. The molecule has 2 aliphatic heterocycles. The standard InChI is InChI=1S/C22H13F3N2O4S2.C12H7F3O2.C10H8N2O3S2/c23-22(24,25)13-5-3-4-12(10-13)17-9-8-14(31-17)11-18-19(28)27(21(32)33-18)26-16-7-2-1-6-15(16)20(29)30;13-12(14,15)9-3-1-2-8(6-9)11-5-4-10(7-16)17-11;13-8-5-17-10(16)12(8)11-7-4-2-1-3-6(7)9(14)15/h1-11,26H,(H,29,30);1-7H;1-4,11H,5H2,(H,14,15). The van der Waals surface area contributed by atoms with Crippen molar-refractivity contribution in [3.63, 3.8) is 0 Å². The van der Waals surface area contributed by atoms with Crippen LogP contribution in [0.15, 0.2) is 135 Å². The minimum atomic E-state index is -4.48. The first-order valence-electron chi connectivity index (χ1n) is 18.7. The highest BCUT2D eigenvalue weighted by Gasteiger charge is 2.35. The van der Waals surface area contributed by atoms with Gasteiger partial charge in [0.2, 0.25) is 0 Å². The molecule has 0 radical (unpaired) electrons. The van der Waals surface area contributed by atoms with Gasteiger partial charge in [-0.2, -0.15) is 26.3 Å². The Balaban J connectivity index is 0.000000183. The fourth-order valence-electron chi connectivity index (χ4n) is 5.79. The van der Waals surface area contributed by atoms with Crippen molar-refractivity contribution in [3.8, 4) is 22.6 Å². The topological polar surface area (TPSA) is 183 Å². The smallest absolute Gasteiger partial charge is 0.416 e. The third kappa shape index (κ3) is 12.4. The Morgan fingerprint density at radius 1 is 0.642 bits per heavy atom. The van der Waals surface area contributed by atoms with Crippen molar-refractivity contribution in [2.75, 3.05) is 16.6 Å². The van der Waals surface area contributed by atoms with E-state index in [0.29, 0.717) is 16.3 Å². The molecule has 0 saturated carbocycles. The number of anilines is 2. The quantitative estimate of drug-likeness (QED) is 0.0440. The lowest BCUT2D eigenvalue weighted by atomic mass is 10.1. The highest BCUT2D eigenvalue weighted by Crippen LogP contribution is 2.37. The molecule has 4 aromatic carbocycles. The number of carbonyl (C=O) groups is 5. The molecule has 13 nitrogen and oxygen atoms in total. The van der Waals surface area contributed by atoms with E-state index in [9.17, 15) is 55.4 Å². The molecule has 6 aromatic rings. The fraction of sp³-hybridized carbons (Fsp3) is 0.0682. The summed E-state index contributed by atoms with van der Waals surface area (Å²) in [4.78, 5) is 57.3. The van der Waals surface area contributed by atoms with Crippen LogP contribution in [0.4, 0.5) is 37.7 Å². The number of rotatable bonds is 10. The third-order valence-electron chi connectivity index (χ3n) is 8.92. The van der Waals surface area contributed by atoms with Gasteiger partial charge in [0.05, 0.1) is 44.3 Å². The number of carboxylic acid groups (broad SMARTS) is 2. The van der Waals surface area contributed by atoms with Gasteiger partial charge in [0.15, 0.2) is 20.7 Å². The lowest BCUT2D eigenvalue weighted by Crippen LogP contribution is -2.34. The Bertz CT molecular complexity index is 2920. The zero-order chi connectivity index (χ0) is 48.6. The first-order valence-corrected chi connectivity index (χ1v) is 21.3. The van der Waals surface area contributed by atoms with Crippen molar-refractivity contribution in [1.29, 1.82) is 0 Å². The molecular formula is C44H28F6N4O9S4. The highest BCUT2D eigenvalue weighted by atomic mass is 32.2. The Hall–Kier alpha value is -7.21. The van der Waals surface area contributed by atoms with Crippen LogP contribution in [0, 0.1) is 0 Å². The zero-order valence-electron chi connectivity index (χ0n) is 33.5. The number of hydrogen-bond acceptors (Lipinski definition) is 13. The van der Waals surface area contributed by atoms with E-state index in [0.717, 1.165) is 41.0 Å². The molecule has 0 unspecified atom stereocenters. The summed E-state index contributed by atoms with van der Waals surface area (Å²) < 4.78 is 87.5. The van der Waals surface area contributed by atoms with Gasteiger partial charge in [0, 0.05) is 17.2 Å². The number of benzene rings is 4. The summed E-state index contributed by atoms with van der Waals surface area (Å²) in [5, 5.41) is 20.5. The number of hydrogen-bond donors (Lipinski definition) is 4. The Kier molecular flexibility index (Phi) is 15.4. The number of thiocarbonyl (C=S) groups is 2. The monoisotopic (exact) mass is 998 g/mol. The van der Waals surface area contributed by atoms with Crippen LogP contribution in [0.2, 0.25) is 0 Å². The van der Waals surface area contributed by atoms with Crippen molar-refractivity contribution in [2.45, 2.75) is 12.4 Å². The lowest BCUT2D eigenvalue weighted by molar-refractivity contribution is -0.138. The van der Waals surface area contributed by atoms with E-state index in [2.05, 4.69) is 10.9 Å². The maximum atomic E-state index is 13.0. The second-order valence-corrected chi connectivity index (χ2v) is 16.7. The first-order chi connectivity index (χ1) is 31.7. The second kappa shape index (κ2) is 21.0. The van der Waals surface area contributed by atoms with Crippen molar-refractivity contribution < 1.29 is 69.4 Å². The molecule has 67 heavy (non-hydrogen) atoms. The molecule has 4 N–H and O–H groups in total. The molecule has 0 bridgehead atoms. The van der Waals surface area contributed by atoms with Gasteiger partial charge in [-0.3, -0.25) is 25.2 Å². The van der Waals surface area contributed by atoms with Crippen LogP contribution in [0.1, 0.15) is 48.2 Å². The number of para-hydroxylation sites is 2. The van der Waals surface area contributed by atoms with Crippen LogP contribution >= 0.6 is 48.0 Å². The summed E-state index contributed by atoms with van der Waals surface area (Å²) in [6.45, 7) is 0. The van der Waals surface area contributed by atoms with Crippen LogP contribution < -0.4 is 10.9 Å². The fourth-order valence-corrected chi connectivity index (χ4v) is 7.92. The Labute approximate surface area is 393 Å². The molecule has 344 valence electrons. The van der Waals surface area contributed by atoms with Gasteiger partial charge < -0.3 is 19.0 Å². The summed E-state index contributed by atoms with van der Waals surface area (Å²) in [7, 11) is 0. The van der Waals surface area contributed by atoms with Gasteiger partial charge >= 0.3 is 24.3 Å². The summed E-state index contributed by atoms with van der Waals surface area (Å²) in [6, 6.07) is 27.7. The summed E-state index contributed by atoms with van der Waals surface area (Å²) in [6.07, 6.45) is -6.96. The lowest BCUT2D eigenvalue weighted by Gasteiger charge is -2.18. The number of nitrogens with zero attached hydrogens (tertiary/aromatic N) is 2. The normalized spacial score (nSPS) is 14.3. The van der Waals surface area contributed by atoms with Gasteiger partial charge in [0.1, 0.15) is 17.3 Å². The number of aldehydes is 1. The summed E-state index contributed by atoms with van der Waals surface area (Å²) >= 11 is 12.4. The average Bonchev–Trinajstić information content (AvgIpc) is 4.10. The second-order valence-electron chi connectivity index (χ2n) is 13.4. The molecule has 2 saturated heterocycles. The molecule has 2 aliphatic rings. The van der Waals surface area contributed by atoms with Crippen molar-refractivity contribution in [3.05, 3.63) is 160 Å². The number of alkyl halides is 6. The van der Waals surface area contributed by atoms with E-state index < -0.39 is 41.3 Å². The Morgan fingerprint density at radius 2 is 1.12 bits per heavy atom. The van der Waals surface area contributed by atoms with Crippen LogP contribution in [-0.2, 0) is 21.9 Å². The minimum absolute atomic E-state index is 0.0349. The van der Waals surface area contributed by atoms with E-state index in [1.807, 2.05) is 0 Å². The van der Waals surface area contributed by atoms with Gasteiger partial charge in [-0.1, -0.05) is 84.3 Å². The molecule has 23 heteroatoms. The number of halogens is 6. The maximum Gasteiger partial charge on any atom is 0.416 e. The van der Waals surface area contributed by atoms with Gasteiger partial charge in [-0.15, -0.1) is 0 Å². The number of amides is 2. The first kappa shape index (κ1) is 49.2. The van der Waals surface area contributed by atoms with Gasteiger partial charge in [-0.25, -0.2) is 19.6 Å². The molecule has 4 heterocycles. The maximum absolute atomic E-state index is 13.0. The number of furan rings is 2. The van der Waals surface area contributed by atoms with E-state index in [4.69, 9.17) is 38.4 Å². The number of nitrogens with one attached hydrogen (secondary N) is 2. The molecule has 0 atom stereocenters. The zero-order valence-corrected chi connectivity index (χ0v) is 36.7. The number of carbonyl (C=O) groups excluding carboxylic acids is 3. The SMILES string of the molecule is O=C(O)c1ccccc1NN1C(=O)C(=Cc2ccc(-c3cccc(C(F)(F)F)c3)o2)SC1=S.O=C(O)c1ccccc1NN1C(=O)CSC1=S.O=Cc1ccc(-c2cccc(C(F)(F)F)c2)o1. The molecule has 0 spiro atoms.